The van der Waals surface area contributed by atoms with Gasteiger partial charge in [-0.1, -0.05) is 25.4 Å². The topological polar surface area (TPSA) is 37.8 Å². The van der Waals surface area contributed by atoms with Crippen LogP contribution in [0, 0.1) is 0 Å². The van der Waals surface area contributed by atoms with Gasteiger partial charge in [0.1, 0.15) is 5.82 Å². The fourth-order valence-corrected chi connectivity index (χ4v) is 3.34. The number of aromatic nitrogens is 2. The first-order valence-electron chi connectivity index (χ1n) is 6.82. The van der Waals surface area contributed by atoms with E-state index in [0.717, 1.165) is 45.4 Å². The first-order chi connectivity index (χ1) is 10.1. The number of anilines is 1. The van der Waals surface area contributed by atoms with Gasteiger partial charge in [-0.25, -0.2) is 9.97 Å². The van der Waals surface area contributed by atoms with E-state index in [1.54, 1.807) is 0 Å². The number of rotatable bonds is 5. The summed E-state index contributed by atoms with van der Waals surface area (Å²) in [7, 11) is 0. The maximum absolute atomic E-state index is 6.00. The van der Waals surface area contributed by atoms with Gasteiger partial charge in [-0.05, 0) is 62.9 Å². The van der Waals surface area contributed by atoms with Gasteiger partial charge >= 0.3 is 0 Å². The molecule has 3 nitrogen and oxygen atoms in total. The van der Waals surface area contributed by atoms with Crippen LogP contribution in [0.1, 0.15) is 26.0 Å². The molecule has 1 heterocycles. The zero-order valence-electron chi connectivity index (χ0n) is 11.9. The van der Waals surface area contributed by atoms with Gasteiger partial charge in [-0.2, -0.15) is 0 Å². The maximum Gasteiger partial charge on any atom is 0.162 e. The number of nitrogens with one attached hydrogen (secondary N) is 1. The van der Waals surface area contributed by atoms with Gasteiger partial charge in [-0.3, -0.25) is 0 Å². The van der Waals surface area contributed by atoms with Crippen molar-refractivity contribution in [2.24, 2.45) is 0 Å². The Kier molecular flexibility index (Phi) is 6.02. The standard InChI is InChI=1S/C15H16Br2ClN3/c1-3-7-19-15-13(17)12(4-2)20-14(21-15)10-6-5-9(18)8-11(10)16/h5-6,8H,3-4,7H2,1-2H3,(H,19,20,21). The Balaban J connectivity index is 2.52. The third-order valence-electron chi connectivity index (χ3n) is 2.97. The Bertz CT molecular complexity index is 647. The molecule has 0 fully saturated rings. The van der Waals surface area contributed by atoms with Crippen LogP contribution in [0.5, 0.6) is 0 Å². The van der Waals surface area contributed by atoms with E-state index in [1.807, 2.05) is 18.2 Å². The van der Waals surface area contributed by atoms with Gasteiger partial charge in [0.2, 0.25) is 0 Å². The van der Waals surface area contributed by atoms with Crippen LogP contribution < -0.4 is 5.32 Å². The fraction of sp³-hybridized carbons (Fsp3) is 0.333. The van der Waals surface area contributed by atoms with Crippen LogP contribution in [-0.2, 0) is 6.42 Å². The van der Waals surface area contributed by atoms with Crippen LogP contribution in [0.15, 0.2) is 27.1 Å². The molecule has 21 heavy (non-hydrogen) atoms. The van der Waals surface area contributed by atoms with Crippen LogP contribution in [0.25, 0.3) is 11.4 Å². The summed E-state index contributed by atoms with van der Waals surface area (Å²) in [6.45, 7) is 5.08. The van der Waals surface area contributed by atoms with Gasteiger partial charge in [0.15, 0.2) is 5.82 Å². The van der Waals surface area contributed by atoms with E-state index < -0.39 is 0 Å². The lowest BCUT2D eigenvalue weighted by molar-refractivity contribution is 0.943. The average molecular weight is 434 g/mol. The molecule has 0 atom stereocenters. The number of nitrogens with zero attached hydrogens (tertiary/aromatic N) is 2. The molecule has 0 bridgehead atoms. The van der Waals surface area contributed by atoms with Gasteiger partial charge in [0, 0.05) is 21.6 Å². The summed E-state index contributed by atoms with van der Waals surface area (Å²) in [6.07, 6.45) is 1.87. The largest absolute Gasteiger partial charge is 0.369 e. The predicted molar refractivity (Wildman–Crippen MR) is 96.0 cm³/mol. The molecular weight excluding hydrogens is 417 g/mol. The summed E-state index contributed by atoms with van der Waals surface area (Å²) in [4.78, 5) is 9.29. The van der Waals surface area contributed by atoms with E-state index in [-0.39, 0.29) is 0 Å². The van der Waals surface area contributed by atoms with Crippen molar-refractivity contribution < 1.29 is 0 Å². The van der Waals surface area contributed by atoms with E-state index in [9.17, 15) is 0 Å². The number of hydrogen-bond acceptors (Lipinski definition) is 3. The number of hydrogen-bond donors (Lipinski definition) is 1. The summed E-state index contributed by atoms with van der Waals surface area (Å²) in [5.41, 5.74) is 1.92. The van der Waals surface area contributed by atoms with Crippen molar-refractivity contribution in [1.29, 1.82) is 0 Å². The second-order valence-corrected chi connectivity index (χ2v) is 6.64. The summed E-state index contributed by atoms with van der Waals surface area (Å²) in [5, 5.41) is 4.02. The van der Waals surface area contributed by atoms with E-state index >= 15 is 0 Å². The molecule has 0 aliphatic rings. The molecule has 0 aliphatic carbocycles. The monoisotopic (exact) mass is 431 g/mol. The maximum atomic E-state index is 6.00. The Morgan fingerprint density at radius 3 is 2.57 bits per heavy atom. The number of halogens is 3. The van der Waals surface area contributed by atoms with E-state index in [0.29, 0.717) is 10.8 Å². The zero-order chi connectivity index (χ0) is 15.4. The van der Waals surface area contributed by atoms with Crippen molar-refractivity contribution in [2.45, 2.75) is 26.7 Å². The second kappa shape index (κ2) is 7.56. The molecule has 6 heteroatoms. The molecule has 1 aromatic heterocycles. The van der Waals surface area contributed by atoms with Crippen molar-refractivity contribution in [3.63, 3.8) is 0 Å². The summed E-state index contributed by atoms with van der Waals surface area (Å²) in [5.74, 6) is 1.53. The first-order valence-corrected chi connectivity index (χ1v) is 8.78. The second-order valence-electron chi connectivity index (χ2n) is 4.56. The van der Waals surface area contributed by atoms with Crippen LogP contribution in [0.4, 0.5) is 5.82 Å². The lowest BCUT2D eigenvalue weighted by atomic mass is 10.2. The molecule has 1 N–H and O–H groups in total. The molecular formula is C15H16Br2ClN3. The summed E-state index contributed by atoms with van der Waals surface area (Å²) in [6, 6.07) is 5.63. The Hall–Kier alpha value is -0.650. The molecule has 0 radical (unpaired) electrons. The van der Waals surface area contributed by atoms with Crippen LogP contribution in [0.2, 0.25) is 5.02 Å². The Morgan fingerprint density at radius 1 is 1.19 bits per heavy atom. The molecule has 2 aromatic rings. The zero-order valence-corrected chi connectivity index (χ0v) is 15.8. The fourth-order valence-electron chi connectivity index (χ4n) is 1.88. The third kappa shape index (κ3) is 3.96. The minimum Gasteiger partial charge on any atom is -0.369 e. The van der Waals surface area contributed by atoms with Crippen LogP contribution in [-0.4, -0.2) is 16.5 Å². The first kappa shape index (κ1) is 16.7. The lowest BCUT2D eigenvalue weighted by Gasteiger charge is -2.12. The van der Waals surface area contributed by atoms with Gasteiger partial charge in [-0.15, -0.1) is 0 Å². The van der Waals surface area contributed by atoms with Crippen molar-refractivity contribution in [3.8, 4) is 11.4 Å². The van der Waals surface area contributed by atoms with E-state index in [1.165, 1.54) is 0 Å². The van der Waals surface area contributed by atoms with Gasteiger partial charge < -0.3 is 5.32 Å². The molecule has 1 aromatic carbocycles. The quantitative estimate of drug-likeness (QED) is 0.657. The highest BCUT2D eigenvalue weighted by molar-refractivity contribution is 9.11. The number of aryl methyl sites for hydroxylation is 1. The molecule has 0 spiro atoms. The molecule has 2 rings (SSSR count). The Labute approximate surface area is 146 Å². The normalized spacial score (nSPS) is 10.7. The van der Waals surface area contributed by atoms with Gasteiger partial charge in [0.25, 0.3) is 0 Å². The average Bonchev–Trinajstić information content (AvgIpc) is 2.46. The third-order valence-corrected chi connectivity index (χ3v) is 4.69. The molecule has 0 aliphatic heterocycles. The highest BCUT2D eigenvalue weighted by Crippen LogP contribution is 2.32. The molecule has 0 saturated carbocycles. The van der Waals surface area contributed by atoms with Crippen molar-refractivity contribution >= 4 is 49.3 Å². The smallest absolute Gasteiger partial charge is 0.162 e. The predicted octanol–water partition coefficient (Wildman–Crippen LogP) is 5.71. The minimum absolute atomic E-state index is 0.683. The van der Waals surface area contributed by atoms with Gasteiger partial charge in [0.05, 0.1) is 10.2 Å². The minimum atomic E-state index is 0.683. The summed E-state index contributed by atoms with van der Waals surface area (Å²) < 4.78 is 1.83. The summed E-state index contributed by atoms with van der Waals surface area (Å²) >= 11 is 13.1. The molecule has 0 amide bonds. The Morgan fingerprint density at radius 2 is 1.95 bits per heavy atom. The number of benzene rings is 1. The van der Waals surface area contributed by atoms with Crippen molar-refractivity contribution in [2.75, 3.05) is 11.9 Å². The van der Waals surface area contributed by atoms with Crippen molar-refractivity contribution in [3.05, 3.63) is 37.9 Å². The molecule has 0 unspecified atom stereocenters. The SMILES string of the molecule is CCCNc1nc(-c2ccc(Cl)cc2Br)nc(CC)c1Br. The van der Waals surface area contributed by atoms with Crippen LogP contribution >= 0.6 is 43.5 Å². The highest BCUT2D eigenvalue weighted by atomic mass is 79.9. The lowest BCUT2D eigenvalue weighted by Crippen LogP contribution is -2.07. The molecule has 0 saturated heterocycles. The molecule has 112 valence electrons. The van der Waals surface area contributed by atoms with Crippen LogP contribution in [0.3, 0.4) is 0 Å². The van der Waals surface area contributed by atoms with E-state index in [4.69, 9.17) is 11.6 Å². The van der Waals surface area contributed by atoms with Crippen molar-refractivity contribution in [1.82, 2.24) is 9.97 Å². The highest BCUT2D eigenvalue weighted by Gasteiger charge is 2.14. The van der Waals surface area contributed by atoms with E-state index in [2.05, 4.69) is 61.0 Å².